The quantitative estimate of drug-likeness (QED) is 0.478. The van der Waals surface area contributed by atoms with Crippen molar-refractivity contribution in [2.24, 2.45) is 4.99 Å². The van der Waals surface area contributed by atoms with Gasteiger partial charge in [-0.1, -0.05) is 62.4 Å². The lowest BCUT2D eigenvalue weighted by Gasteiger charge is -2.19. The van der Waals surface area contributed by atoms with E-state index in [2.05, 4.69) is 26.0 Å². The Balaban J connectivity index is 1.77. The molecule has 1 amide bonds. The van der Waals surface area contributed by atoms with E-state index in [9.17, 15) is 4.79 Å². The second kappa shape index (κ2) is 9.10. The second-order valence-electron chi connectivity index (χ2n) is 7.83. The van der Waals surface area contributed by atoms with Gasteiger partial charge in [-0.3, -0.25) is 9.69 Å². The van der Waals surface area contributed by atoms with Crippen LogP contribution < -0.4 is 14.4 Å². The highest BCUT2D eigenvalue weighted by molar-refractivity contribution is 6.33. The average molecular weight is 427 g/mol. The highest BCUT2D eigenvalue weighted by atomic mass is 16.5. The monoisotopic (exact) mass is 426 g/mol. The first-order valence-electron chi connectivity index (χ1n) is 10.5. The molecule has 3 aromatic rings. The highest BCUT2D eigenvalue weighted by Gasteiger charge is 2.32. The number of hydrogen-bond donors (Lipinski definition) is 0. The maximum Gasteiger partial charge on any atom is 0.282 e. The highest BCUT2D eigenvalue weighted by Crippen LogP contribution is 2.32. The van der Waals surface area contributed by atoms with Gasteiger partial charge < -0.3 is 9.47 Å². The molecule has 162 valence electrons. The third kappa shape index (κ3) is 4.14. The number of ether oxygens (including phenoxy) is 2. The van der Waals surface area contributed by atoms with Gasteiger partial charge in [0.05, 0.1) is 19.9 Å². The lowest BCUT2D eigenvalue weighted by Crippen LogP contribution is -2.32. The molecule has 0 radical (unpaired) electrons. The van der Waals surface area contributed by atoms with Crippen molar-refractivity contribution in [3.05, 3.63) is 95.2 Å². The van der Waals surface area contributed by atoms with Crippen LogP contribution in [0.5, 0.6) is 11.5 Å². The molecule has 0 atom stereocenters. The van der Waals surface area contributed by atoms with E-state index in [-0.39, 0.29) is 5.91 Å². The van der Waals surface area contributed by atoms with Gasteiger partial charge in [0.1, 0.15) is 11.5 Å². The summed E-state index contributed by atoms with van der Waals surface area (Å²) in [6.45, 7) is 4.30. The van der Waals surface area contributed by atoms with Crippen LogP contribution in [0.2, 0.25) is 0 Å². The van der Waals surface area contributed by atoms with Crippen LogP contribution in [-0.2, 0) is 4.79 Å². The molecule has 4 rings (SSSR count). The van der Waals surface area contributed by atoms with Gasteiger partial charge in [0.25, 0.3) is 5.91 Å². The summed E-state index contributed by atoms with van der Waals surface area (Å²) in [5.41, 5.74) is 4.06. The molecule has 0 spiro atoms. The van der Waals surface area contributed by atoms with Crippen LogP contribution in [0.25, 0.3) is 6.08 Å². The summed E-state index contributed by atoms with van der Waals surface area (Å²) in [6, 6.07) is 23.3. The van der Waals surface area contributed by atoms with Crippen molar-refractivity contribution in [1.29, 1.82) is 0 Å². The normalized spacial score (nSPS) is 14.8. The molecule has 0 fully saturated rings. The number of rotatable bonds is 6. The van der Waals surface area contributed by atoms with Crippen molar-refractivity contribution in [2.75, 3.05) is 19.1 Å². The zero-order chi connectivity index (χ0) is 22.7. The minimum absolute atomic E-state index is 0.170. The lowest BCUT2D eigenvalue weighted by molar-refractivity contribution is -0.113. The fourth-order valence-corrected chi connectivity index (χ4v) is 3.65. The van der Waals surface area contributed by atoms with E-state index >= 15 is 0 Å². The maximum absolute atomic E-state index is 13.5. The largest absolute Gasteiger partial charge is 0.493 e. The molecule has 5 heteroatoms. The molecule has 3 aromatic carbocycles. The molecule has 0 N–H and O–H groups in total. The van der Waals surface area contributed by atoms with Gasteiger partial charge in [0.15, 0.2) is 11.5 Å². The summed E-state index contributed by atoms with van der Waals surface area (Å²) in [5.74, 6) is 2.09. The molecule has 0 aromatic heterocycles. The predicted octanol–water partition coefficient (Wildman–Crippen LogP) is 5.66. The number of aliphatic imine (C=N–C) groups is 1. The van der Waals surface area contributed by atoms with Crippen molar-refractivity contribution < 1.29 is 14.3 Å². The number of amides is 1. The van der Waals surface area contributed by atoms with E-state index in [1.165, 1.54) is 5.56 Å². The molecule has 1 aliphatic rings. The fraction of sp³-hybridized carbons (Fsp3) is 0.185. The van der Waals surface area contributed by atoms with Crippen LogP contribution in [0.15, 0.2) is 83.5 Å². The molecule has 0 bridgehead atoms. The summed E-state index contributed by atoms with van der Waals surface area (Å²) in [5, 5.41) is 0. The third-order valence-corrected chi connectivity index (χ3v) is 5.42. The fourth-order valence-electron chi connectivity index (χ4n) is 3.65. The molecule has 0 saturated carbocycles. The Hall–Kier alpha value is -3.86. The van der Waals surface area contributed by atoms with Crippen molar-refractivity contribution in [2.45, 2.75) is 19.8 Å². The minimum Gasteiger partial charge on any atom is -0.493 e. The Morgan fingerprint density at radius 3 is 2.19 bits per heavy atom. The van der Waals surface area contributed by atoms with Crippen LogP contribution >= 0.6 is 0 Å². The van der Waals surface area contributed by atoms with Gasteiger partial charge in [-0.15, -0.1) is 0 Å². The van der Waals surface area contributed by atoms with E-state index in [4.69, 9.17) is 14.5 Å². The van der Waals surface area contributed by atoms with Crippen LogP contribution in [0.3, 0.4) is 0 Å². The number of anilines is 1. The number of benzene rings is 3. The molecule has 0 unspecified atom stereocenters. The Morgan fingerprint density at radius 1 is 0.875 bits per heavy atom. The zero-order valence-corrected chi connectivity index (χ0v) is 18.7. The van der Waals surface area contributed by atoms with Crippen molar-refractivity contribution >= 4 is 23.5 Å². The Kier molecular flexibility index (Phi) is 6.08. The smallest absolute Gasteiger partial charge is 0.282 e. The predicted molar refractivity (Wildman–Crippen MR) is 129 cm³/mol. The minimum atomic E-state index is -0.170. The molecule has 1 aliphatic heterocycles. The number of nitrogens with zero attached hydrogens (tertiary/aromatic N) is 2. The topological polar surface area (TPSA) is 51.1 Å². The molecular formula is C27H26N2O3. The van der Waals surface area contributed by atoms with Gasteiger partial charge in [-0.2, -0.15) is 0 Å². The lowest BCUT2D eigenvalue weighted by atomic mass is 10.0. The van der Waals surface area contributed by atoms with Crippen LogP contribution in [0.1, 0.15) is 36.5 Å². The molecule has 0 aliphatic carbocycles. The Labute approximate surface area is 188 Å². The Morgan fingerprint density at radius 2 is 1.56 bits per heavy atom. The number of methoxy groups -OCH3 is 2. The standard InChI is InChI=1S/C27H26N2O3/c1-18(2)20-11-13-22(14-12-20)29-26(21-8-6-5-7-9-21)28-23(27(29)30)16-19-10-15-24(31-3)25(17-19)32-4/h5-18H,1-4H3. The summed E-state index contributed by atoms with van der Waals surface area (Å²) in [7, 11) is 3.18. The van der Waals surface area contributed by atoms with E-state index < -0.39 is 0 Å². The number of amidine groups is 1. The second-order valence-corrected chi connectivity index (χ2v) is 7.83. The van der Waals surface area contributed by atoms with Gasteiger partial charge in [0, 0.05) is 5.56 Å². The van der Waals surface area contributed by atoms with E-state index in [1.807, 2.05) is 60.7 Å². The summed E-state index contributed by atoms with van der Waals surface area (Å²) in [6.07, 6.45) is 1.77. The third-order valence-electron chi connectivity index (χ3n) is 5.42. The van der Waals surface area contributed by atoms with E-state index in [0.717, 1.165) is 16.8 Å². The van der Waals surface area contributed by atoms with Gasteiger partial charge in [-0.25, -0.2) is 4.99 Å². The first-order valence-corrected chi connectivity index (χ1v) is 10.5. The van der Waals surface area contributed by atoms with Crippen LogP contribution in [-0.4, -0.2) is 26.0 Å². The summed E-state index contributed by atoms with van der Waals surface area (Å²) >= 11 is 0. The first-order chi connectivity index (χ1) is 15.5. The molecule has 32 heavy (non-hydrogen) atoms. The van der Waals surface area contributed by atoms with Gasteiger partial charge >= 0.3 is 0 Å². The SMILES string of the molecule is COc1ccc(C=C2N=C(c3ccccc3)N(c3ccc(C(C)C)cc3)C2=O)cc1OC. The number of carbonyl (C=O) groups is 1. The van der Waals surface area contributed by atoms with Crippen molar-refractivity contribution in [1.82, 2.24) is 0 Å². The number of carbonyl (C=O) groups excluding carboxylic acids is 1. The zero-order valence-electron chi connectivity index (χ0n) is 18.7. The van der Waals surface area contributed by atoms with E-state index in [1.54, 1.807) is 25.2 Å². The molecule has 1 heterocycles. The van der Waals surface area contributed by atoms with Crippen molar-refractivity contribution in [3.63, 3.8) is 0 Å². The van der Waals surface area contributed by atoms with Gasteiger partial charge in [-0.05, 0) is 47.4 Å². The molecular weight excluding hydrogens is 400 g/mol. The van der Waals surface area contributed by atoms with Crippen molar-refractivity contribution in [3.8, 4) is 11.5 Å². The summed E-state index contributed by atoms with van der Waals surface area (Å²) < 4.78 is 10.7. The first kappa shape index (κ1) is 21.4. The van der Waals surface area contributed by atoms with Crippen LogP contribution in [0, 0.1) is 0 Å². The maximum atomic E-state index is 13.5. The summed E-state index contributed by atoms with van der Waals surface area (Å²) in [4.78, 5) is 19.9. The molecule has 5 nitrogen and oxygen atoms in total. The Bertz CT molecular complexity index is 1180. The average Bonchev–Trinajstić information content (AvgIpc) is 3.15. The number of hydrogen-bond acceptors (Lipinski definition) is 4. The van der Waals surface area contributed by atoms with Gasteiger partial charge in [0.2, 0.25) is 0 Å². The molecule has 0 saturated heterocycles. The van der Waals surface area contributed by atoms with Crippen LogP contribution in [0.4, 0.5) is 5.69 Å². The van der Waals surface area contributed by atoms with E-state index in [0.29, 0.717) is 28.9 Å².